The molecular formula is C51H89NO8P+. The number of likely N-dealkylation sites (N-methyl/N-ethyl adjacent to an activating group) is 1. The lowest BCUT2D eigenvalue weighted by molar-refractivity contribution is -0.870. The molecule has 61 heavy (non-hydrogen) atoms. The third-order valence-corrected chi connectivity index (χ3v) is 10.7. The second-order valence-electron chi connectivity index (χ2n) is 16.8. The molecule has 0 aliphatic heterocycles. The number of carbonyl (C=O) groups is 2. The van der Waals surface area contributed by atoms with Crippen molar-refractivity contribution >= 4 is 19.8 Å². The number of phosphoric ester groups is 1. The molecule has 0 aromatic rings. The molecule has 0 saturated heterocycles. The van der Waals surface area contributed by atoms with Crippen LogP contribution in [0, 0.1) is 0 Å². The van der Waals surface area contributed by atoms with Gasteiger partial charge in [0, 0.05) is 12.8 Å². The Morgan fingerprint density at radius 1 is 0.525 bits per heavy atom. The normalized spacial score (nSPS) is 14.3. The first kappa shape index (κ1) is 58.2. The number of allylic oxidation sites excluding steroid dienone is 14. The van der Waals surface area contributed by atoms with E-state index in [1.807, 2.05) is 33.3 Å². The van der Waals surface area contributed by atoms with E-state index in [1.54, 1.807) is 0 Å². The van der Waals surface area contributed by atoms with Crippen LogP contribution in [-0.4, -0.2) is 74.9 Å². The van der Waals surface area contributed by atoms with Gasteiger partial charge in [0.1, 0.15) is 19.8 Å². The number of unbranched alkanes of at least 4 members (excludes halogenated alkanes) is 14. The summed E-state index contributed by atoms with van der Waals surface area (Å²) >= 11 is 0. The number of hydrogen-bond donors (Lipinski definition) is 1. The molecule has 1 N–H and O–H groups in total. The van der Waals surface area contributed by atoms with Crippen molar-refractivity contribution in [3.63, 3.8) is 0 Å². The van der Waals surface area contributed by atoms with Crippen LogP contribution in [0.2, 0.25) is 0 Å². The lowest BCUT2D eigenvalue weighted by Crippen LogP contribution is -2.37. The molecule has 0 rings (SSSR count). The molecule has 0 amide bonds. The fraction of sp³-hybridized carbons (Fsp3) is 0.686. The molecule has 0 saturated carbocycles. The molecule has 0 bridgehead atoms. The first-order chi connectivity index (χ1) is 29.5. The van der Waals surface area contributed by atoms with Gasteiger partial charge in [0.25, 0.3) is 0 Å². The summed E-state index contributed by atoms with van der Waals surface area (Å²) in [5.41, 5.74) is 0. The maximum Gasteiger partial charge on any atom is 0.472 e. The highest BCUT2D eigenvalue weighted by atomic mass is 31.2. The summed E-state index contributed by atoms with van der Waals surface area (Å²) in [5.74, 6) is -0.906. The van der Waals surface area contributed by atoms with Gasteiger partial charge in [-0.2, -0.15) is 0 Å². The van der Waals surface area contributed by atoms with Crippen LogP contribution in [0.25, 0.3) is 0 Å². The average molecular weight is 875 g/mol. The zero-order valence-electron chi connectivity index (χ0n) is 39.4. The smallest absolute Gasteiger partial charge is 0.462 e. The Morgan fingerprint density at radius 2 is 0.967 bits per heavy atom. The van der Waals surface area contributed by atoms with Crippen LogP contribution in [0.1, 0.15) is 174 Å². The van der Waals surface area contributed by atoms with E-state index in [1.165, 1.54) is 70.6 Å². The second kappa shape index (κ2) is 42.5. The highest BCUT2D eigenvalue weighted by Crippen LogP contribution is 2.43. The van der Waals surface area contributed by atoms with E-state index >= 15 is 0 Å². The minimum Gasteiger partial charge on any atom is -0.462 e. The summed E-state index contributed by atoms with van der Waals surface area (Å²) < 4.78 is 34.3. The van der Waals surface area contributed by atoms with Crippen molar-refractivity contribution in [3.8, 4) is 0 Å². The number of carbonyl (C=O) groups excluding carboxylic acids is 2. The van der Waals surface area contributed by atoms with Gasteiger partial charge in [0.15, 0.2) is 6.10 Å². The molecule has 0 aliphatic carbocycles. The Hall–Kier alpha value is -2.81. The lowest BCUT2D eigenvalue weighted by atomic mass is 10.1. The summed E-state index contributed by atoms with van der Waals surface area (Å²) in [7, 11) is 1.42. The SMILES string of the molecule is CC/C=C\C/C=C\C/C=C\C/C=C\C/C=C\C/C=C\CCC(=O)OC(COC(=O)CCCCCCCCC/C=C\CCCCCCCCC)COP(=O)(O)OCC[N+](C)(C)C. The molecule has 2 atom stereocenters. The highest BCUT2D eigenvalue weighted by Gasteiger charge is 2.27. The van der Waals surface area contributed by atoms with Crippen molar-refractivity contribution in [1.82, 2.24) is 0 Å². The maximum atomic E-state index is 12.7. The summed E-state index contributed by atoms with van der Waals surface area (Å²) in [5, 5.41) is 0. The van der Waals surface area contributed by atoms with Gasteiger partial charge in [-0.25, -0.2) is 4.57 Å². The van der Waals surface area contributed by atoms with Crippen LogP contribution in [0.15, 0.2) is 85.1 Å². The quantitative estimate of drug-likeness (QED) is 0.0212. The Labute approximate surface area is 373 Å². The van der Waals surface area contributed by atoms with E-state index < -0.39 is 32.5 Å². The van der Waals surface area contributed by atoms with Gasteiger partial charge in [-0.05, 0) is 77.0 Å². The molecule has 0 heterocycles. The molecule has 9 nitrogen and oxygen atoms in total. The summed E-state index contributed by atoms with van der Waals surface area (Å²) in [6.45, 7) is 4.21. The molecule has 0 radical (unpaired) electrons. The Morgan fingerprint density at radius 3 is 1.46 bits per heavy atom. The molecule has 2 unspecified atom stereocenters. The Bertz CT molecular complexity index is 1310. The number of quaternary nitrogens is 1. The third-order valence-electron chi connectivity index (χ3n) is 9.67. The Balaban J connectivity index is 4.45. The molecule has 0 aromatic carbocycles. The predicted molar refractivity (Wildman–Crippen MR) is 256 cm³/mol. The zero-order valence-corrected chi connectivity index (χ0v) is 40.3. The zero-order chi connectivity index (χ0) is 45.0. The number of phosphoric acid groups is 1. The average Bonchev–Trinajstić information content (AvgIpc) is 3.21. The number of esters is 2. The van der Waals surface area contributed by atoms with E-state index in [-0.39, 0.29) is 26.1 Å². The summed E-state index contributed by atoms with van der Waals surface area (Å²) in [6.07, 6.45) is 55.1. The fourth-order valence-corrected chi connectivity index (χ4v) is 6.72. The monoisotopic (exact) mass is 875 g/mol. The van der Waals surface area contributed by atoms with Gasteiger partial charge in [0.05, 0.1) is 27.7 Å². The minimum absolute atomic E-state index is 0.0133. The van der Waals surface area contributed by atoms with Crippen molar-refractivity contribution < 1.29 is 42.1 Å². The van der Waals surface area contributed by atoms with Crippen molar-refractivity contribution in [2.75, 3.05) is 47.5 Å². The van der Waals surface area contributed by atoms with Gasteiger partial charge < -0.3 is 18.9 Å². The van der Waals surface area contributed by atoms with Crippen LogP contribution in [0.3, 0.4) is 0 Å². The van der Waals surface area contributed by atoms with Crippen molar-refractivity contribution in [2.24, 2.45) is 0 Å². The second-order valence-corrected chi connectivity index (χ2v) is 18.2. The number of rotatable bonds is 42. The fourth-order valence-electron chi connectivity index (χ4n) is 5.97. The number of ether oxygens (including phenoxy) is 2. The van der Waals surface area contributed by atoms with E-state index in [4.69, 9.17) is 18.5 Å². The van der Waals surface area contributed by atoms with Crippen LogP contribution in [-0.2, 0) is 32.7 Å². The van der Waals surface area contributed by atoms with Crippen LogP contribution in [0.5, 0.6) is 0 Å². The van der Waals surface area contributed by atoms with Crippen LogP contribution in [0.4, 0.5) is 0 Å². The molecule has 0 spiro atoms. The minimum atomic E-state index is -4.40. The maximum absolute atomic E-state index is 12.7. The van der Waals surface area contributed by atoms with Crippen LogP contribution >= 0.6 is 7.82 Å². The van der Waals surface area contributed by atoms with Crippen molar-refractivity contribution in [2.45, 2.75) is 180 Å². The largest absolute Gasteiger partial charge is 0.472 e. The van der Waals surface area contributed by atoms with Gasteiger partial charge in [-0.15, -0.1) is 0 Å². The molecular weight excluding hydrogens is 786 g/mol. The van der Waals surface area contributed by atoms with Gasteiger partial charge in [0.2, 0.25) is 0 Å². The van der Waals surface area contributed by atoms with Gasteiger partial charge >= 0.3 is 19.8 Å². The predicted octanol–water partition coefficient (Wildman–Crippen LogP) is 14.0. The van der Waals surface area contributed by atoms with E-state index in [9.17, 15) is 19.0 Å². The highest BCUT2D eigenvalue weighted by molar-refractivity contribution is 7.47. The molecule has 0 aromatic heterocycles. The molecule has 0 fully saturated rings. The molecule has 350 valence electrons. The van der Waals surface area contributed by atoms with E-state index in [0.717, 1.165) is 70.6 Å². The summed E-state index contributed by atoms with van der Waals surface area (Å²) in [6, 6.07) is 0. The first-order valence-electron chi connectivity index (χ1n) is 23.8. The van der Waals surface area contributed by atoms with Crippen molar-refractivity contribution in [3.05, 3.63) is 85.1 Å². The van der Waals surface area contributed by atoms with Crippen molar-refractivity contribution in [1.29, 1.82) is 0 Å². The van der Waals surface area contributed by atoms with Gasteiger partial charge in [-0.3, -0.25) is 18.6 Å². The van der Waals surface area contributed by atoms with Crippen LogP contribution < -0.4 is 0 Å². The standard InChI is InChI=1S/C51H88NO8P/c1-6-8-10-12-14-16-18-20-22-24-26-28-30-32-34-36-38-40-42-44-51(54)60-49(48-59-61(55,56)58-46-45-52(3,4)5)47-57-50(53)43-41-39-37-35-33-31-29-27-25-23-21-19-17-15-13-11-9-7-2/h8,10,14,16,20,22-23,25-26,28,32,34,38,40,49H,6-7,9,11-13,15,17-19,21,24,27,29-31,33,35-37,39,41-48H2,1-5H3/p+1/b10-8-,16-14-,22-20-,25-23-,28-26-,34-32-,40-38-. The molecule has 0 aliphatic rings. The number of nitrogens with zero attached hydrogens (tertiary/aromatic N) is 1. The van der Waals surface area contributed by atoms with E-state index in [2.05, 4.69) is 86.8 Å². The van der Waals surface area contributed by atoms with Gasteiger partial charge in [-0.1, -0.05) is 170 Å². The first-order valence-corrected chi connectivity index (χ1v) is 25.3. The Kier molecular flexibility index (Phi) is 40.5. The molecule has 10 heteroatoms. The third kappa shape index (κ3) is 46.5. The number of hydrogen-bond acceptors (Lipinski definition) is 7. The summed E-state index contributed by atoms with van der Waals surface area (Å²) in [4.78, 5) is 35.4. The topological polar surface area (TPSA) is 108 Å². The van der Waals surface area contributed by atoms with E-state index in [0.29, 0.717) is 17.4 Å². The lowest BCUT2D eigenvalue weighted by Gasteiger charge is -2.24.